The highest BCUT2D eigenvalue weighted by Crippen LogP contribution is 2.45. The third kappa shape index (κ3) is 4.23. The monoisotopic (exact) mass is 445 g/mol. The first-order valence-electron chi connectivity index (χ1n) is 12.1. The number of unbranched alkanes of at least 4 members (excludes halogenated alkanes) is 1. The van der Waals surface area contributed by atoms with Crippen LogP contribution in [0.3, 0.4) is 0 Å². The van der Waals surface area contributed by atoms with Crippen LogP contribution in [0, 0.1) is 0 Å². The Hall–Kier alpha value is -2.89. The van der Waals surface area contributed by atoms with Gasteiger partial charge in [-0.1, -0.05) is 49.7 Å². The average molecular weight is 446 g/mol. The molecule has 1 fully saturated rings. The summed E-state index contributed by atoms with van der Waals surface area (Å²) in [5.74, 6) is -0.553. The molecule has 5 rings (SSSR count). The molecule has 5 heteroatoms. The summed E-state index contributed by atoms with van der Waals surface area (Å²) in [6.45, 7) is 4.34. The van der Waals surface area contributed by atoms with E-state index in [1.807, 2.05) is 23.1 Å². The molecule has 1 saturated heterocycles. The van der Waals surface area contributed by atoms with E-state index in [4.69, 9.17) is 14.2 Å². The van der Waals surface area contributed by atoms with Crippen molar-refractivity contribution in [1.29, 1.82) is 0 Å². The van der Waals surface area contributed by atoms with Gasteiger partial charge in [0, 0.05) is 12.1 Å². The fraction of sp³-hybridized carbons (Fsp3) is 0.393. The highest BCUT2D eigenvalue weighted by atomic mass is 16.7. The van der Waals surface area contributed by atoms with Crippen LogP contribution in [0.15, 0.2) is 60.7 Å². The first-order chi connectivity index (χ1) is 16.2. The molecular weight excluding hydrogens is 414 g/mol. The van der Waals surface area contributed by atoms with Crippen LogP contribution in [0.2, 0.25) is 0 Å². The van der Waals surface area contributed by atoms with Crippen LogP contribution in [-0.4, -0.2) is 32.3 Å². The van der Waals surface area contributed by atoms with E-state index in [1.165, 1.54) is 10.9 Å². The number of nitrogens with zero attached hydrogens (tertiary/aromatic N) is 1. The Morgan fingerprint density at radius 2 is 1.79 bits per heavy atom. The molecule has 2 heterocycles. The lowest BCUT2D eigenvalue weighted by molar-refractivity contribution is -0.256. The van der Waals surface area contributed by atoms with Gasteiger partial charge in [0.1, 0.15) is 5.75 Å². The van der Waals surface area contributed by atoms with Crippen molar-refractivity contribution in [1.82, 2.24) is 0 Å². The van der Waals surface area contributed by atoms with Crippen LogP contribution in [0.4, 0.5) is 5.69 Å². The molecule has 0 aromatic heterocycles. The summed E-state index contributed by atoms with van der Waals surface area (Å²) in [4.78, 5) is 15.3. The van der Waals surface area contributed by atoms with Gasteiger partial charge in [-0.3, -0.25) is 4.79 Å². The van der Waals surface area contributed by atoms with Crippen LogP contribution in [0.1, 0.15) is 43.7 Å². The molecule has 33 heavy (non-hydrogen) atoms. The zero-order valence-electron chi connectivity index (χ0n) is 19.2. The van der Waals surface area contributed by atoms with Gasteiger partial charge < -0.3 is 19.1 Å². The maximum absolute atomic E-state index is 13.5. The van der Waals surface area contributed by atoms with Crippen LogP contribution in [0.25, 0.3) is 10.8 Å². The van der Waals surface area contributed by atoms with Gasteiger partial charge in [0.05, 0.1) is 25.5 Å². The molecule has 2 aliphatic heterocycles. The summed E-state index contributed by atoms with van der Waals surface area (Å²) >= 11 is 0. The second-order valence-corrected chi connectivity index (χ2v) is 8.79. The predicted octanol–water partition coefficient (Wildman–Crippen LogP) is 5.59. The Bertz CT molecular complexity index is 1140. The lowest BCUT2D eigenvalue weighted by atomic mass is 10.00. The fourth-order valence-corrected chi connectivity index (χ4v) is 4.72. The SMILES string of the molecule is CCCCc1ccc2c(c1)C1(OCCCO1)C(=O)N2CCCOc1ccc2ccccc2c1. The van der Waals surface area contributed by atoms with E-state index < -0.39 is 5.79 Å². The van der Waals surface area contributed by atoms with Gasteiger partial charge >= 0.3 is 0 Å². The Kier molecular flexibility index (Phi) is 6.34. The third-order valence-corrected chi connectivity index (χ3v) is 6.47. The lowest BCUT2D eigenvalue weighted by Gasteiger charge is -2.32. The molecule has 0 radical (unpaired) electrons. The minimum Gasteiger partial charge on any atom is -0.494 e. The number of anilines is 1. The van der Waals surface area contributed by atoms with E-state index >= 15 is 0 Å². The Labute approximate surface area is 195 Å². The molecule has 3 aromatic rings. The molecule has 172 valence electrons. The van der Waals surface area contributed by atoms with Crippen LogP contribution in [0.5, 0.6) is 5.75 Å². The van der Waals surface area contributed by atoms with Crippen LogP contribution < -0.4 is 9.64 Å². The highest BCUT2D eigenvalue weighted by molar-refractivity contribution is 6.06. The summed E-state index contributed by atoms with van der Waals surface area (Å²) in [7, 11) is 0. The number of amides is 1. The van der Waals surface area contributed by atoms with Crippen molar-refractivity contribution in [3.8, 4) is 5.75 Å². The summed E-state index contributed by atoms with van der Waals surface area (Å²) < 4.78 is 18.1. The summed E-state index contributed by atoms with van der Waals surface area (Å²) in [6, 6.07) is 20.7. The van der Waals surface area contributed by atoms with Gasteiger partial charge in [-0.15, -0.1) is 0 Å². The molecule has 0 bridgehead atoms. The molecule has 1 amide bonds. The standard InChI is InChI=1S/C28H31NO4/c1-2-3-8-21-11-14-26-25(19-21)28(32-17-7-18-33-28)27(30)29(26)15-6-16-31-24-13-12-22-9-4-5-10-23(22)20-24/h4-5,9-14,19-20H,2-3,6-8,15-18H2,1H3. The predicted molar refractivity (Wildman–Crippen MR) is 130 cm³/mol. The maximum Gasteiger partial charge on any atom is 0.292 e. The molecule has 0 aliphatic carbocycles. The highest BCUT2D eigenvalue weighted by Gasteiger charge is 2.54. The molecule has 0 saturated carbocycles. The number of aryl methyl sites for hydroxylation is 1. The summed E-state index contributed by atoms with van der Waals surface area (Å²) in [6.07, 6.45) is 4.77. The average Bonchev–Trinajstić information content (AvgIpc) is 3.07. The fourth-order valence-electron chi connectivity index (χ4n) is 4.72. The largest absolute Gasteiger partial charge is 0.494 e. The zero-order chi connectivity index (χ0) is 22.7. The third-order valence-electron chi connectivity index (χ3n) is 6.47. The lowest BCUT2D eigenvalue weighted by Crippen LogP contribution is -2.47. The molecule has 5 nitrogen and oxygen atoms in total. The first kappa shape index (κ1) is 21.9. The van der Waals surface area contributed by atoms with Gasteiger partial charge in [0.25, 0.3) is 11.7 Å². The Morgan fingerprint density at radius 3 is 2.61 bits per heavy atom. The second-order valence-electron chi connectivity index (χ2n) is 8.79. The maximum atomic E-state index is 13.5. The number of rotatable bonds is 8. The van der Waals surface area contributed by atoms with Gasteiger partial charge in [0.15, 0.2) is 0 Å². The quantitative estimate of drug-likeness (QED) is 0.424. The van der Waals surface area contributed by atoms with Gasteiger partial charge in [-0.05, 0) is 66.3 Å². The van der Waals surface area contributed by atoms with E-state index in [2.05, 4.69) is 49.4 Å². The van der Waals surface area contributed by atoms with Crippen molar-refractivity contribution in [2.75, 3.05) is 31.3 Å². The second kappa shape index (κ2) is 9.54. The first-order valence-corrected chi connectivity index (χ1v) is 12.1. The van der Waals surface area contributed by atoms with E-state index in [1.54, 1.807) is 0 Å². The van der Waals surface area contributed by atoms with Crippen molar-refractivity contribution in [2.24, 2.45) is 0 Å². The van der Waals surface area contributed by atoms with E-state index in [-0.39, 0.29) is 5.91 Å². The Morgan fingerprint density at radius 1 is 0.970 bits per heavy atom. The number of benzene rings is 3. The zero-order valence-corrected chi connectivity index (χ0v) is 19.2. The molecular formula is C28H31NO4. The van der Waals surface area contributed by atoms with Crippen molar-refractivity contribution < 1.29 is 19.0 Å². The number of hydrogen-bond donors (Lipinski definition) is 0. The van der Waals surface area contributed by atoms with E-state index in [9.17, 15) is 4.79 Å². The molecule has 3 aromatic carbocycles. The van der Waals surface area contributed by atoms with Crippen LogP contribution in [-0.2, 0) is 26.5 Å². The molecule has 1 spiro atoms. The van der Waals surface area contributed by atoms with Crippen LogP contribution >= 0.6 is 0 Å². The number of carbonyl (C=O) groups excluding carboxylic acids is 1. The van der Waals surface area contributed by atoms with Gasteiger partial charge in [-0.25, -0.2) is 0 Å². The number of carbonyl (C=O) groups is 1. The smallest absolute Gasteiger partial charge is 0.292 e. The molecule has 0 atom stereocenters. The minimum atomic E-state index is -1.28. The van der Waals surface area contributed by atoms with Crippen molar-refractivity contribution in [3.05, 3.63) is 71.8 Å². The molecule has 2 aliphatic rings. The normalized spacial score (nSPS) is 17.0. The summed E-state index contributed by atoms with van der Waals surface area (Å²) in [5, 5.41) is 2.35. The van der Waals surface area contributed by atoms with Crippen molar-refractivity contribution in [2.45, 2.75) is 44.8 Å². The van der Waals surface area contributed by atoms with Gasteiger partial charge in [-0.2, -0.15) is 0 Å². The number of fused-ring (bicyclic) bond motifs is 3. The van der Waals surface area contributed by atoms with E-state index in [0.29, 0.717) is 32.8 Å². The van der Waals surface area contributed by atoms with Gasteiger partial charge in [0.2, 0.25) is 0 Å². The number of hydrogen-bond acceptors (Lipinski definition) is 4. The summed E-state index contributed by atoms with van der Waals surface area (Å²) in [5.41, 5.74) is 2.98. The Balaban J connectivity index is 1.29. The van der Waals surface area contributed by atoms with Crippen molar-refractivity contribution in [3.63, 3.8) is 0 Å². The molecule has 0 N–H and O–H groups in total. The van der Waals surface area contributed by atoms with Crippen molar-refractivity contribution >= 4 is 22.4 Å². The molecule has 0 unspecified atom stereocenters. The number of ether oxygens (including phenoxy) is 3. The minimum absolute atomic E-state index is 0.115. The topological polar surface area (TPSA) is 48.0 Å². The van der Waals surface area contributed by atoms with E-state index in [0.717, 1.165) is 48.1 Å².